The quantitative estimate of drug-likeness (QED) is 0.447. The first kappa shape index (κ1) is 21.6. The summed E-state index contributed by atoms with van der Waals surface area (Å²) in [5.41, 5.74) is 1.57. The smallest absolute Gasteiger partial charge is 0.260 e. The van der Waals surface area contributed by atoms with E-state index in [1.54, 1.807) is 16.7 Å². The minimum Gasteiger partial charge on any atom is -0.494 e. The fourth-order valence-corrected chi connectivity index (χ4v) is 4.63. The molecule has 7 heteroatoms. The molecular formula is C22H27N3O2S2. The van der Waals surface area contributed by atoms with Crippen LogP contribution in [0.4, 0.5) is 5.13 Å². The first-order chi connectivity index (χ1) is 14.0. The predicted molar refractivity (Wildman–Crippen MR) is 124 cm³/mol. The van der Waals surface area contributed by atoms with Crippen molar-refractivity contribution >= 4 is 44.4 Å². The molecule has 0 unspecified atom stereocenters. The number of ether oxygens (including phenoxy) is 1. The Hall–Kier alpha value is -2.09. The van der Waals surface area contributed by atoms with Crippen LogP contribution in [0.25, 0.3) is 10.2 Å². The molecule has 0 N–H and O–H groups in total. The van der Waals surface area contributed by atoms with Gasteiger partial charge in [0, 0.05) is 23.5 Å². The zero-order valence-electron chi connectivity index (χ0n) is 17.3. The van der Waals surface area contributed by atoms with Gasteiger partial charge in [-0.15, -0.1) is 11.8 Å². The third-order valence-corrected chi connectivity index (χ3v) is 6.22. The molecular weight excluding hydrogens is 402 g/mol. The number of thioether (sulfide) groups is 1. The molecule has 0 aliphatic heterocycles. The Morgan fingerprint density at radius 1 is 1.14 bits per heavy atom. The molecule has 3 rings (SSSR count). The molecule has 0 spiro atoms. The summed E-state index contributed by atoms with van der Waals surface area (Å²) in [6.45, 7) is 6.04. The van der Waals surface area contributed by atoms with E-state index in [9.17, 15) is 4.79 Å². The number of benzene rings is 2. The molecule has 0 fully saturated rings. The van der Waals surface area contributed by atoms with Gasteiger partial charge in [-0.3, -0.25) is 9.69 Å². The highest BCUT2D eigenvalue weighted by atomic mass is 32.2. The summed E-state index contributed by atoms with van der Waals surface area (Å²) in [7, 11) is 4.02. The lowest BCUT2D eigenvalue weighted by atomic mass is 10.2. The predicted octanol–water partition coefficient (Wildman–Crippen LogP) is 5.02. The first-order valence-corrected chi connectivity index (χ1v) is 11.5. The molecule has 5 nitrogen and oxygen atoms in total. The number of amides is 1. The molecule has 0 aliphatic carbocycles. The Morgan fingerprint density at radius 3 is 2.69 bits per heavy atom. The van der Waals surface area contributed by atoms with E-state index in [-0.39, 0.29) is 5.91 Å². The number of hydrogen-bond acceptors (Lipinski definition) is 6. The zero-order valence-corrected chi connectivity index (χ0v) is 19.0. The second-order valence-electron chi connectivity index (χ2n) is 6.78. The fourth-order valence-electron chi connectivity index (χ4n) is 2.89. The van der Waals surface area contributed by atoms with Crippen molar-refractivity contribution in [2.24, 2.45) is 0 Å². The molecule has 1 heterocycles. The molecule has 1 amide bonds. The van der Waals surface area contributed by atoms with Gasteiger partial charge in [0.25, 0.3) is 5.91 Å². The second kappa shape index (κ2) is 10.1. The van der Waals surface area contributed by atoms with Gasteiger partial charge in [0.05, 0.1) is 16.8 Å². The Morgan fingerprint density at radius 2 is 1.97 bits per heavy atom. The highest BCUT2D eigenvalue weighted by molar-refractivity contribution is 7.99. The van der Waals surface area contributed by atoms with Crippen LogP contribution in [0.15, 0.2) is 47.4 Å². The Labute approximate surface area is 180 Å². The number of nitrogens with zero attached hydrogens (tertiary/aromatic N) is 3. The van der Waals surface area contributed by atoms with Crippen molar-refractivity contribution in [1.82, 2.24) is 9.88 Å². The Kier molecular flexibility index (Phi) is 7.52. The molecule has 1 aromatic heterocycles. The van der Waals surface area contributed by atoms with Crippen LogP contribution in [0.5, 0.6) is 5.75 Å². The van der Waals surface area contributed by atoms with Crippen LogP contribution in [-0.2, 0) is 0 Å². The van der Waals surface area contributed by atoms with E-state index in [4.69, 9.17) is 9.72 Å². The SMILES string of the molecule is CCOc1ccc2nc(N(CCN(C)C)C(=O)c3cccc(SCC)c3)sc2c1. The summed E-state index contributed by atoms with van der Waals surface area (Å²) in [5.74, 6) is 1.78. The van der Waals surface area contributed by atoms with E-state index in [0.717, 1.165) is 33.2 Å². The van der Waals surface area contributed by atoms with E-state index in [1.165, 1.54) is 11.3 Å². The average molecular weight is 430 g/mol. The van der Waals surface area contributed by atoms with Crippen molar-refractivity contribution < 1.29 is 9.53 Å². The summed E-state index contributed by atoms with van der Waals surface area (Å²) < 4.78 is 6.62. The van der Waals surface area contributed by atoms with E-state index in [0.29, 0.717) is 23.8 Å². The number of likely N-dealkylation sites (N-methyl/N-ethyl adjacent to an activating group) is 1. The van der Waals surface area contributed by atoms with Crippen molar-refractivity contribution in [3.05, 3.63) is 48.0 Å². The van der Waals surface area contributed by atoms with Crippen molar-refractivity contribution in [3.63, 3.8) is 0 Å². The van der Waals surface area contributed by atoms with Crippen LogP contribution in [-0.4, -0.2) is 55.3 Å². The van der Waals surface area contributed by atoms with E-state index >= 15 is 0 Å². The lowest BCUT2D eigenvalue weighted by molar-refractivity contribution is 0.0985. The number of fused-ring (bicyclic) bond motifs is 1. The van der Waals surface area contributed by atoms with Gasteiger partial charge in [0.1, 0.15) is 5.75 Å². The maximum atomic E-state index is 13.4. The third kappa shape index (κ3) is 5.50. The molecule has 154 valence electrons. The highest BCUT2D eigenvalue weighted by Gasteiger charge is 2.22. The molecule has 0 bridgehead atoms. The standard InChI is InChI=1S/C22H27N3O2S2/c1-5-27-17-10-11-19-20(15-17)29-22(23-19)25(13-12-24(3)4)21(26)16-8-7-9-18(14-16)28-6-2/h7-11,14-15H,5-6,12-13H2,1-4H3. The summed E-state index contributed by atoms with van der Waals surface area (Å²) in [5, 5.41) is 0.717. The molecule has 0 saturated heterocycles. The van der Waals surface area contributed by atoms with Gasteiger partial charge in [-0.05, 0) is 63.2 Å². The van der Waals surface area contributed by atoms with Gasteiger partial charge in [-0.1, -0.05) is 24.3 Å². The van der Waals surface area contributed by atoms with Crippen molar-refractivity contribution in [1.29, 1.82) is 0 Å². The zero-order chi connectivity index (χ0) is 20.8. The molecule has 0 atom stereocenters. The number of aromatic nitrogens is 1. The van der Waals surface area contributed by atoms with Crippen LogP contribution in [0.3, 0.4) is 0 Å². The summed E-state index contributed by atoms with van der Waals surface area (Å²) in [4.78, 5) is 23.1. The molecule has 3 aromatic rings. The van der Waals surface area contributed by atoms with Crippen LogP contribution in [0, 0.1) is 0 Å². The molecule has 2 aromatic carbocycles. The van der Waals surface area contributed by atoms with Gasteiger partial charge in [-0.25, -0.2) is 4.98 Å². The van der Waals surface area contributed by atoms with E-state index < -0.39 is 0 Å². The monoisotopic (exact) mass is 429 g/mol. The van der Waals surface area contributed by atoms with Gasteiger partial charge in [-0.2, -0.15) is 0 Å². The maximum absolute atomic E-state index is 13.4. The molecule has 0 saturated carbocycles. The Balaban J connectivity index is 1.95. The Bertz CT molecular complexity index is 972. The number of carbonyl (C=O) groups excluding carboxylic acids is 1. The van der Waals surface area contributed by atoms with Crippen LogP contribution >= 0.6 is 23.1 Å². The van der Waals surface area contributed by atoms with Gasteiger partial charge in [0.2, 0.25) is 0 Å². The number of anilines is 1. The minimum absolute atomic E-state index is 0.0190. The number of carbonyl (C=O) groups is 1. The minimum atomic E-state index is -0.0190. The van der Waals surface area contributed by atoms with Crippen LogP contribution in [0.2, 0.25) is 0 Å². The lowest BCUT2D eigenvalue weighted by Gasteiger charge is -2.22. The lowest BCUT2D eigenvalue weighted by Crippen LogP contribution is -2.36. The number of thiazole rings is 1. The third-order valence-electron chi connectivity index (χ3n) is 4.30. The number of rotatable bonds is 9. The first-order valence-electron chi connectivity index (χ1n) is 9.74. The van der Waals surface area contributed by atoms with E-state index in [1.807, 2.05) is 63.5 Å². The fraction of sp³-hybridized carbons (Fsp3) is 0.364. The molecule has 0 aliphatic rings. The van der Waals surface area contributed by atoms with Crippen molar-refractivity contribution in [2.75, 3.05) is 44.4 Å². The van der Waals surface area contributed by atoms with Gasteiger partial charge < -0.3 is 9.64 Å². The van der Waals surface area contributed by atoms with Crippen molar-refractivity contribution in [3.8, 4) is 5.75 Å². The van der Waals surface area contributed by atoms with Crippen molar-refractivity contribution in [2.45, 2.75) is 18.7 Å². The van der Waals surface area contributed by atoms with Gasteiger partial charge in [0.15, 0.2) is 5.13 Å². The molecule has 0 radical (unpaired) electrons. The highest BCUT2D eigenvalue weighted by Crippen LogP contribution is 2.32. The normalized spacial score (nSPS) is 11.2. The average Bonchev–Trinajstić information content (AvgIpc) is 3.11. The van der Waals surface area contributed by atoms with Crippen LogP contribution in [0.1, 0.15) is 24.2 Å². The summed E-state index contributed by atoms with van der Waals surface area (Å²) in [6.07, 6.45) is 0. The van der Waals surface area contributed by atoms with E-state index in [2.05, 4.69) is 11.8 Å². The topological polar surface area (TPSA) is 45.7 Å². The number of hydrogen-bond donors (Lipinski definition) is 0. The maximum Gasteiger partial charge on any atom is 0.260 e. The second-order valence-corrected chi connectivity index (χ2v) is 9.13. The van der Waals surface area contributed by atoms with Gasteiger partial charge >= 0.3 is 0 Å². The largest absolute Gasteiger partial charge is 0.494 e. The molecule has 29 heavy (non-hydrogen) atoms. The summed E-state index contributed by atoms with van der Waals surface area (Å²) >= 11 is 3.26. The van der Waals surface area contributed by atoms with Crippen LogP contribution < -0.4 is 9.64 Å². The summed E-state index contributed by atoms with van der Waals surface area (Å²) in [6, 6.07) is 13.7.